The molecule has 2 aromatic carbocycles. The van der Waals surface area contributed by atoms with Crippen LogP contribution in [-0.2, 0) is 6.54 Å². The molecule has 0 bridgehead atoms. The molecule has 0 saturated carbocycles. The zero-order chi connectivity index (χ0) is 23.3. The zero-order valence-corrected chi connectivity index (χ0v) is 19.9. The summed E-state index contributed by atoms with van der Waals surface area (Å²) in [4.78, 5) is 9.34. The highest BCUT2D eigenvalue weighted by Gasteiger charge is 2.16. The van der Waals surface area contributed by atoms with Crippen LogP contribution in [0.3, 0.4) is 0 Å². The van der Waals surface area contributed by atoms with E-state index in [-0.39, 0.29) is 0 Å². The molecule has 0 unspecified atom stereocenters. The molecule has 0 aliphatic carbocycles. The lowest BCUT2D eigenvalue weighted by Gasteiger charge is -2.23. The topological polar surface area (TPSA) is 79.7 Å². The molecule has 34 heavy (non-hydrogen) atoms. The standard InChI is InChI=1S/C26H28ClN7/c1-2-34-17-20(15-30-34)24-16-29-26(32-23-5-3-4-21(27)14-23)33-25(24)31-22-8-6-18(7-9-22)19-10-12-28-13-11-19/h3-9,14-17,19,28H,2,10-13H2,1H3,(H2,29,31,32,33). The van der Waals surface area contributed by atoms with Crippen molar-refractivity contribution < 1.29 is 0 Å². The predicted molar refractivity (Wildman–Crippen MR) is 138 cm³/mol. The molecule has 4 aromatic rings. The fourth-order valence-electron chi connectivity index (χ4n) is 4.25. The van der Waals surface area contributed by atoms with Crippen LogP contribution in [0.2, 0.25) is 5.02 Å². The number of nitrogens with one attached hydrogen (secondary N) is 3. The van der Waals surface area contributed by atoms with Gasteiger partial charge in [-0.1, -0.05) is 29.8 Å². The molecule has 3 heterocycles. The average Bonchev–Trinajstić information content (AvgIpc) is 3.34. The van der Waals surface area contributed by atoms with Crippen molar-refractivity contribution in [3.63, 3.8) is 0 Å². The molecule has 0 radical (unpaired) electrons. The van der Waals surface area contributed by atoms with Gasteiger partial charge in [0.2, 0.25) is 5.95 Å². The number of hydrogen-bond acceptors (Lipinski definition) is 6. The number of rotatable bonds is 7. The van der Waals surface area contributed by atoms with E-state index in [1.54, 1.807) is 0 Å². The Hall–Kier alpha value is -3.42. The number of anilines is 4. The van der Waals surface area contributed by atoms with Crippen LogP contribution in [-0.4, -0.2) is 32.8 Å². The van der Waals surface area contributed by atoms with E-state index in [0.717, 1.165) is 42.1 Å². The van der Waals surface area contributed by atoms with Crippen molar-refractivity contribution >= 4 is 34.7 Å². The number of halogens is 1. The summed E-state index contributed by atoms with van der Waals surface area (Å²) < 4.78 is 1.89. The number of hydrogen-bond donors (Lipinski definition) is 3. The number of aromatic nitrogens is 4. The van der Waals surface area contributed by atoms with Crippen LogP contribution in [0.25, 0.3) is 11.1 Å². The van der Waals surface area contributed by atoms with Gasteiger partial charge in [0.05, 0.1) is 6.20 Å². The minimum atomic E-state index is 0.489. The minimum Gasteiger partial charge on any atom is -0.340 e. The van der Waals surface area contributed by atoms with Crippen molar-refractivity contribution in [2.75, 3.05) is 23.7 Å². The van der Waals surface area contributed by atoms with Crippen molar-refractivity contribution in [2.45, 2.75) is 32.2 Å². The molecule has 1 aliphatic rings. The first-order valence-electron chi connectivity index (χ1n) is 11.7. The van der Waals surface area contributed by atoms with Crippen molar-refractivity contribution in [1.29, 1.82) is 0 Å². The lowest BCUT2D eigenvalue weighted by Crippen LogP contribution is -2.26. The van der Waals surface area contributed by atoms with Crippen LogP contribution >= 0.6 is 11.6 Å². The SMILES string of the molecule is CCn1cc(-c2cnc(Nc3cccc(Cl)c3)nc2Nc2ccc(C3CCNCC3)cc2)cn1. The first kappa shape index (κ1) is 22.4. The molecule has 2 aromatic heterocycles. The lowest BCUT2D eigenvalue weighted by atomic mass is 9.90. The summed E-state index contributed by atoms with van der Waals surface area (Å²) in [6.07, 6.45) is 8.04. The van der Waals surface area contributed by atoms with Crippen LogP contribution < -0.4 is 16.0 Å². The third-order valence-corrected chi connectivity index (χ3v) is 6.36. The molecule has 0 amide bonds. The molecular formula is C26H28ClN7. The van der Waals surface area contributed by atoms with Gasteiger partial charge < -0.3 is 16.0 Å². The largest absolute Gasteiger partial charge is 0.340 e. The Morgan fingerprint density at radius 3 is 2.59 bits per heavy atom. The van der Waals surface area contributed by atoms with Gasteiger partial charge in [-0.3, -0.25) is 4.68 Å². The summed E-state index contributed by atoms with van der Waals surface area (Å²) in [7, 11) is 0. The van der Waals surface area contributed by atoms with Crippen LogP contribution in [0.15, 0.2) is 67.1 Å². The van der Waals surface area contributed by atoms with E-state index in [1.165, 1.54) is 18.4 Å². The molecule has 174 valence electrons. The van der Waals surface area contributed by atoms with Crippen LogP contribution in [0.1, 0.15) is 31.2 Å². The molecule has 1 saturated heterocycles. The summed E-state index contributed by atoms with van der Waals surface area (Å²) >= 11 is 6.13. The summed E-state index contributed by atoms with van der Waals surface area (Å²) in [5, 5.41) is 15.3. The molecule has 1 fully saturated rings. The minimum absolute atomic E-state index is 0.489. The molecule has 0 spiro atoms. The maximum absolute atomic E-state index is 6.13. The predicted octanol–water partition coefficient (Wildman–Crippen LogP) is 5.97. The molecule has 5 rings (SSSR count). The van der Waals surface area contributed by atoms with E-state index < -0.39 is 0 Å². The monoisotopic (exact) mass is 473 g/mol. The van der Waals surface area contributed by atoms with Gasteiger partial charge in [-0.15, -0.1) is 0 Å². The number of benzene rings is 2. The quantitative estimate of drug-likeness (QED) is 0.307. The Morgan fingerprint density at radius 2 is 1.85 bits per heavy atom. The summed E-state index contributed by atoms with van der Waals surface area (Å²) in [5.41, 5.74) is 5.05. The smallest absolute Gasteiger partial charge is 0.229 e. The Kier molecular flexibility index (Phi) is 6.74. The Labute approximate surface area is 204 Å². The molecule has 0 atom stereocenters. The first-order chi connectivity index (χ1) is 16.7. The van der Waals surface area contributed by atoms with E-state index >= 15 is 0 Å². The fourth-order valence-corrected chi connectivity index (χ4v) is 4.44. The van der Waals surface area contributed by atoms with Crippen LogP contribution in [0.5, 0.6) is 0 Å². The van der Waals surface area contributed by atoms with Crippen molar-refractivity contribution in [3.05, 3.63) is 77.7 Å². The highest BCUT2D eigenvalue weighted by molar-refractivity contribution is 6.30. The summed E-state index contributed by atoms with van der Waals surface area (Å²) in [6.45, 7) is 5.04. The molecular weight excluding hydrogens is 446 g/mol. The van der Waals surface area contributed by atoms with Crippen molar-refractivity contribution in [2.24, 2.45) is 0 Å². The van der Waals surface area contributed by atoms with E-state index in [0.29, 0.717) is 22.7 Å². The maximum atomic E-state index is 6.13. The van der Waals surface area contributed by atoms with E-state index in [4.69, 9.17) is 16.6 Å². The highest BCUT2D eigenvalue weighted by atomic mass is 35.5. The third kappa shape index (κ3) is 5.21. The number of nitrogens with zero attached hydrogens (tertiary/aromatic N) is 4. The second-order valence-electron chi connectivity index (χ2n) is 8.45. The highest BCUT2D eigenvalue weighted by Crippen LogP contribution is 2.31. The van der Waals surface area contributed by atoms with Gasteiger partial charge in [0.15, 0.2) is 0 Å². The number of aryl methyl sites for hydroxylation is 1. The molecule has 1 aliphatic heterocycles. The van der Waals surface area contributed by atoms with Gasteiger partial charge in [0, 0.05) is 46.5 Å². The van der Waals surface area contributed by atoms with Gasteiger partial charge in [0.1, 0.15) is 5.82 Å². The molecule has 3 N–H and O–H groups in total. The summed E-state index contributed by atoms with van der Waals surface area (Å²) in [5.74, 6) is 1.82. The zero-order valence-electron chi connectivity index (χ0n) is 19.1. The average molecular weight is 474 g/mol. The van der Waals surface area contributed by atoms with Crippen LogP contribution in [0, 0.1) is 0 Å². The Bertz CT molecular complexity index is 1250. The van der Waals surface area contributed by atoms with Crippen LogP contribution in [0.4, 0.5) is 23.1 Å². The third-order valence-electron chi connectivity index (χ3n) is 6.12. The molecule has 8 heteroatoms. The van der Waals surface area contributed by atoms with Crippen molar-refractivity contribution in [1.82, 2.24) is 25.1 Å². The van der Waals surface area contributed by atoms with E-state index in [1.807, 2.05) is 47.5 Å². The second kappa shape index (κ2) is 10.2. The van der Waals surface area contributed by atoms with Gasteiger partial charge in [-0.2, -0.15) is 10.1 Å². The van der Waals surface area contributed by atoms with Gasteiger partial charge >= 0.3 is 0 Å². The Balaban J connectivity index is 1.43. The molecule has 7 nitrogen and oxygen atoms in total. The van der Waals surface area contributed by atoms with Crippen molar-refractivity contribution in [3.8, 4) is 11.1 Å². The maximum Gasteiger partial charge on any atom is 0.229 e. The summed E-state index contributed by atoms with van der Waals surface area (Å²) in [6, 6.07) is 16.2. The van der Waals surface area contributed by atoms with Gasteiger partial charge in [-0.25, -0.2) is 4.98 Å². The van der Waals surface area contributed by atoms with E-state index in [2.05, 4.69) is 57.2 Å². The first-order valence-corrected chi connectivity index (χ1v) is 12.1. The van der Waals surface area contributed by atoms with Gasteiger partial charge in [-0.05, 0) is 74.7 Å². The van der Waals surface area contributed by atoms with E-state index in [9.17, 15) is 0 Å². The Morgan fingerprint density at radius 1 is 1.03 bits per heavy atom. The van der Waals surface area contributed by atoms with Gasteiger partial charge in [0.25, 0.3) is 0 Å². The number of piperidine rings is 1. The fraction of sp³-hybridized carbons (Fsp3) is 0.269. The normalized spacial score (nSPS) is 14.2. The lowest BCUT2D eigenvalue weighted by molar-refractivity contribution is 0.460. The second-order valence-corrected chi connectivity index (χ2v) is 8.88.